The third-order valence-electron chi connectivity index (χ3n) is 2.68. The van der Waals surface area contributed by atoms with Gasteiger partial charge in [-0.25, -0.2) is 0 Å². The molecule has 0 fully saturated rings. The minimum atomic E-state index is -0.651. The van der Waals surface area contributed by atoms with E-state index in [-0.39, 0.29) is 19.3 Å². The predicted octanol–water partition coefficient (Wildman–Crippen LogP) is 2.01. The van der Waals surface area contributed by atoms with Gasteiger partial charge in [0, 0.05) is 13.2 Å². The van der Waals surface area contributed by atoms with Crippen LogP contribution in [0.5, 0.6) is 5.75 Å². The molecule has 2 N–H and O–H groups in total. The van der Waals surface area contributed by atoms with E-state index in [2.05, 4.69) is 12.2 Å². The third kappa shape index (κ3) is 4.46. The van der Waals surface area contributed by atoms with E-state index >= 15 is 0 Å². The normalized spacial score (nSPS) is 14.3. The largest absolute Gasteiger partial charge is 0.489 e. The number of hydrogen-bond donors (Lipinski definition) is 2. The molecule has 1 aromatic carbocycles. The molecule has 1 rings (SSSR count). The highest BCUT2D eigenvalue weighted by molar-refractivity contribution is 6.32. The number of hydrogen-bond acceptors (Lipinski definition) is 4. The molecule has 4 nitrogen and oxygen atoms in total. The van der Waals surface area contributed by atoms with E-state index in [1.165, 1.54) is 7.11 Å². The van der Waals surface area contributed by atoms with Crippen molar-refractivity contribution in [2.24, 2.45) is 0 Å². The van der Waals surface area contributed by atoms with E-state index in [0.29, 0.717) is 10.8 Å². The number of aliphatic hydroxyl groups excluding tert-OH is 1. The monoisotopic (exact) mass is 273 g/mol. The van der Waals surface area contributed by atoms with E-state index in [0.717, 1.165) is 5.56 Å². The molecule has 0 saturated carbocycles. The van der Waals surface area contributed by atoms with Crippen LogP contribution in [0.3, 0.4) is 0 Å². The second kappa shape index (κ2) is 7.59. The Labute approximate surface area is 113 Å². The van der Waals surface area contributed by atoms with Gasteiger partial charge in [-0.05, 0) is 31.7 Å². The smallest absolute Gasteiger partial charge is 0.138 e. The van der Waals surface area contributed by atoms with Crippen LogP contribution in [0.25, 0.3) is 0 Å². The van der Waals surface area contributed by atoms with Gasteiger partial charge in [0.15, 0.2) is 0 Å². The average Bonchev–Trinajstić information content (AvgIpc) is 2.36. The first kappa shape index (κ1) is 15.2. The number of nitrogens with one attached hydrogen (secondary N) is 1. The molecular formula is C13H20ClNO3. The van der Waals surface area contributed by atoms with Gasteiger partial charge in [-0.15, -0.1) is 0 Å². The summed E-state index contributed by atoms with van der Waals surface area (Å²) >= 11 is 6.13. The maximum Gasteiger partial charge on any atom is 0.138 e. The van der Waals surface area contributed by atoms with Crippen LogP contribution in [0.1, 0.15) is 18.5 Å². The van der Waals surface area contributed by atoms with E-state index in [1.54, 1.807) is 0 Å². The second-order valence-electron chi connectivity index (χ2n) is 4.12. The van der Waals surface area contributed by atoms with Gasteiger partial charge in [0.25, 0.3) is 0 Å². The van der Waals surface area contributed by atoms with Gasteiger partial charge in [0.05, 0.1) is 11.6 Å². The van der Waals surface area contributed by atoms with Gasteiger partial charge in [0.1, 0.15) is 18.5 Å². The molecule has 0 radical (unpaired) electrons. The van der Waals surface area contributed by atoms with Crippen molar-refractivity contribution >= 4 is 11.6 Å². The molecule has 0 aliphatic rings. The predicted molar refractivity (Wildman–Crippen MR) is 72.3 cm³/mol. The lowest BCUT2D eigenvalue weighted by Gasteiger charge is -2.15. The Morgan fingerprint density at radius 1 is 1.39 bits per heavy atom. The van der Waals surface area contributed by atoms with E-state index in [9.17, 15) is 5.11 Å². The molecule has 0 spiro atoms. The Morgan fingerprint density at radius 2 is 2.11 bits per heavy atom. The molecule has 2 unspecified atom stereocenters. The van der Waals surface area contributed by atoms with Gasteiger partial charge in [0.2, 0.25) is 0 Å². The summed E-state index contributed by atoms with van der Waals surface area (Å²) in [7, 11) is 3.42. The fourth-order valence-corrected chi connectivity index (χ4v) is 1.74. The van der Waals surface area contributed by atoms with Crippen LogP contribution in [-0.2, 0) is 4.74 Å². The molecular weight excluding hydrogens is 254 g/mol. The highest BCUT2D eigenvalue weighted by atomic mass is 35.5. The molecule has 102 valence electrons. The molecule has 0 aliphatic carbocycles. The van der Waals surface area contributed by atoms with Crippen molar-refractivity contribution in [2.75, 3.05) is 27.4 Å². The first-order valence-electron chi connectivity index (χ1n) is 5.85. The Hall–Kier alpha value is -0.810. The molecule has 0 bridgehead atoms. The van der Waals surface area contributed by atoms with E-state index in [4.69, 9.17) is 21.1 Å². The summed E-state index contributed by atoms with van der Waals surface area (Å²) in [5.74, 6) is 0.568. The lowest BCUT2D eigenvalue weighted by Crippen LogP contribution is -2.22. The molecule has 1 aromatic rings. The topological polar surface area (TPSA) is 50.7 Å². The molecule has 0 saturated heterocycles. The Balaban J connectivity index is 2.62. The Morgan fingerprint density at radius 3 is 2.67 bits per heavy atom. The van der Waals surface area contributed by atoms with Crippen molar-refractivity contribution in [1.82, 2.24) is 5.32 Å². The fraction of sp³-hybridized carbons (Fsp3) is 0.538. The van der Waals surface area contributed by atoms with Gasteiger partial charge in [-0.2, -0.15) is 0 Å². The summed E-state index contributed by atoms with van der Waals surface area (Å²) in [6, 6.07) is 5.85. The number of rotatable bonds is 7. The highest BCUT2D eigenvalue weighted by Crippen LogP contribution is 2.27. The summed E-state index contributed by atoms with van der Waals surface area (Å²) in [6.45, 7) is 2.45. The molecule has 5 heteroatoms. The molecule has 2 atom stereocenters. The lowest BCUT2D eigenvalue weighted by atomic mass is 10.1. The van der Waals surface area contributed by atoms with Gasteiger partial charge in [-0.1, -0.05) is 17.7 Å². The quantitative estimate of drug-likeness (QED) is 0.798. The summed E-state index contributed by atoms with van der Waals surface area (Å²) in [4.78, 5) is 0. The van der Waals surface area contributed by atoms with Crippen LogP contribution in [0.15, 0.2) is 18.2 Å². The zero-order chi connectivity index (χ0) is 13.5. The number of benzene rings is 1. The van der Waals surface area contributed by atoms with Gasteiger partial charge < -0.3 is 19.9 Å². The summed E-state index contributed by atoms with van der Waals surface area (Å²) in [5, 5.41) is 13.2. The fourth-order valence-electron chi connectivity index (χ4n) is 1.50. The zero-order valence-electron chi connectivity index (χ0n) is 10.9. The molecule has 0 aromatic heterocycles. The van der Waals surface area contributed by atoms with Crippen LogP contribution in [0.2, 0.25) is 5.02 Å². The second-order valence-corrected chi connectivity index (χ2v) is 4.53. The number of halogens is 1. The van der Waals surface area contributed by atoms with Crippen molar-refractivity contribution in [2.45, 2.75) is 19.1 Å². The SMILES string of the molecule is CNC(C)c1ccc(OCC(O)COC)c(Cl)c1. The minimum Gasteiger partial charge on any atom is -0.489 e. The van der Waals surface area contributed by atoms with Crippen LogP contribution in [-0.4, -0.2) is 38.6 Å². The van der Waals surface area contributed by atoms with Crippen molar-refractivity contribution in [1.29, 1.82) is 0 Å². The maximum atomic E-state index is 9.48. The molecule has 0 heterocycles. The Bertz CT molecular complexity index is 373. The molecule has 0 aliphatic heterocycles. The first-order chi connectivity index (χ1) is 8.58. The van der Waals surface area contributed by atoms with Gasteiger partial charge >= 0.3 is 0 Å². The van der Waals surface area contributed by atoms with Crippen molar-refractivity contribution < 1.29 is 14.6 Å². The zero-order valence-corrected chi connectivity index (χ0v) is 11.7. The Kier molecular flexibility index (Phi) is 6.43. The summed E-state index contributed by atoms with van der Waals surface area (Å²) in [5.41, 5.74) is 1.09. The summed E-state index contributed by atoms with van der Waals surface area (Å²) < 4.78 is 10.3. The van der Waals surface area contributed by atoms with Crippen molar-refractivity contribution in [3.05, 3.63) is 28.8 Å². The van der Waals surface area contributed by atoms with E-state index < -0.39 is 6.10 Å². The van der Waals surface area contributed by atoms with Crippen LogP contribution in [0.4, 0.5) is 0 Å². The average molecular weight is 274 g/mol. The van der Waals surface area contributed by atoms with Gasteiger partial charge in [-0.3, -0.25) is 0 Å². The van der Waals surface area contributed by atoms with Crippen LogP contribution in [0, 0.1) is 0 Å². The molecule has 18 heavy (non-hydrogen) atoms. The van der Waals surface area contributed by atoms with E-state index in [1.807, 2.05) is 25.2 Å². The number of aliphatic hydroxyl groups is 1. The van der Waals surface area contributed by atoms with Crippen LogP contribution < -0.4 is 10.1 Å². The standard InChI is InChI=1S/C13H20ClNO3/c1-9(15-2)10-4-5-13(12(14)6-10)18-8-11(16)7-17-3/h4-6,9,11,15-16H,7-8H2,1-3H3. The first-order valence-corrected chi connectivity index (χ1v) is 6.22. The third-order valence-corrected chi connectivity index (χ3v) is 2.97. The lowest BCUT2D eigenvalue weighted by molar-refractivity contribution is 0.0326. The highest BCUT2D eigenvalue weighted by Gasteiger charge is 2.09. The summed E-state index contributed by atoms with van der Waals surface area (Å²) in [6.07, 6.45) is -0.651. The van der Waals surface area contributed by atoms with Crippen molar-refractivity contribution in [3.63, 3.8) is 0 Å². The maximum absolute atomic E-state index is 9.48. The van der Waals surface area contributed by atoms with Crippen LogP contribution >= 0.6 is 11.6 Å². The number of ether oxygens (including phenoxy) is 2. The molecule has 0 amide bonds. The van der Waals surface area contributed by atoms with Crippen molar-refractivity contribution in [3.8, 4) is 5.75 Å². The number of methoxy groups -OCH3 is 1. The minimum absolute atomic E-state index is 0.161.